The molecule has 0 radical (unpaired) electrons. The van der Waals surface area contributed by atoms with E-state index in [1.54, 1.807) is 0 Å². The van der Waals surface area contributed by atoms with Crippen LogP contribution in [0.4, 0.5) is 0 Å². The van der Waals surface area contributed by atoms with Crippen molar-refractivity contribution in [2.24, 2.45) is 0 Å². The predicted molar refractivity (Wildman–Crippen MR) is 22.9 cm³/mol. The van der Waals surface area contributed by atoms with Crippen molar-refractivity contribution in [3.63, 3.8) is 0 Å². The molecule has 0 saturated carbocycles. The van der Waals surface area contributed by atoms with E-state index in [1.807, 2.05) is 0 Å². The minimum atomic E-state index is 0. The quantitative estimate of drug-likeness (QED) is 0.601. The number of rotatable bonds is 0. The SMILES string of the molecule is C1=CCC=C1.[Yb]. The minimum absolute atomic E-state index is 0. The van der Waals surface area contributed by atoms with Crippen molar-refractivity contribution in [3.8, 4) is 0 Å². The van der Waals surface area contributed by atoms with Crippen molar-refractivity contribution >= 4 is 0 Å². The van der Waals surface area contributed by atoms with Crippen molar-refractivity contribution in [2.75, 3.05) is 0 Å². The molecule has 1 heteroatoms. The van der Waals surface area contributed by atoms with E-state index in [4.69, 9.17) is 0 Å². The van der Waals surface area contributed by atoms with Crippen molar-refractivity contribution in [3.05, 3.63) is 24.3 Å². The van der Waals surface area contributed by atoms with E-state index in [2.05, 4.69) is 24.3 Å². The summed E-state index contributed by atoms with van der Waals surface area (Å²) >= 11 is 0. The Labute approximate surface area is 76.6 Å². The number of hydrogen-bond donors (Lipinski definition) is 0. The third-order valence-corrected chi connectivity index (χ3v) is 0.655. The summed E-state index contributed by atoms with van der Waals surface area (Å²) in [6.45, 7) is 0. The van der Waals surface area contributed by atoms with Gasteiger partial charge in [-0.1, -0.05) is 24.3 Å². The molecule has 0 N–H and O–H groups in total. The maximum absolute atomic E-state index is 2.12. The van der Waals surface area contributed by atoms with Gasteiger partial charge < -0.3 is 0 Å². The second-order valence-corrected chi connectivity index (χ2v) is 1.09. The fraction of sp³-hybridized carbons (Fsp3) is 0.200. The second-order valence-electron chi connectivity index (χ2n) is 1.09. The molecule has 0 atom stereocenters. The van der Waals surface area contributed by atoms with E-state index < -0.39 is 0 Å². The molecule has 0 fully saturated rings. The first-order valence-corrected chi connectivity index (χ1v) is 1.82. The summed E-state index contributed by atoms with van der Waals surface area (Å²) in [6, 6.07) is 0. The van der Waals surface area contributed by atoms with Crippen LogP contribution in [-0.4, -0.2) is 0 Å². The normalized spacial score (nSPS) is 14.7. The molecular weight excluding hydrogens is 233 g/mol. The van der Waals surface area contributed by atoms with Crippen LogP contribution in [-0.2, 0) is 0 Å². The molecule has 0 aromatic carbocycles. The van der Waals surface area contributed by atoms with Crippen LogP contribution in [0.2, 0.25) is 0 Å². The van der Waals surface area contributed by atoms with E-state index in [9.17, 15) is 0 Å². The van der Waals surface area contributed by atoms with Crippen LogP contribution < -0.4 is 0 Å². The van der Waals surface area contributed by atoms with Crippen LogP contribution in [0, 0.1) is 46.9 Å². The first-order valence-electron chi connectivity index (χ1n) is 1.82. The molecule has 0 aromatic rings. The first kappa shape index (κ1) is 7.00. The van der Waals surface area contributed by atoms with Gasteiger partial charge in [0.25, 0.3) is 0 Å². The van der Waals surface area contributed by atoms with Crippen molar-refractivity contribution in [1.82, 2.24) is 0 Å². The third-order valence-electron chi connectivity index (χ3n) is 0.655. The summed E-state index contributed by atoms with van der Waals surface area (Å²) in [7, 11) is 0. The van der Waals surface area contributed by atoms with Crippen LogP contribution >= 0.6 is 0 Å². The molecule has 0 nitrogen and oxygen atoms in total. The summed E-state index contributed by atoms with van der Waals surface area (Å²) in [5, 5.41) is 0. The van der Waals surface area contributed by atoms with Gasteiger partial charge in [-0.05, 0) is 6.42 Å². The fourth-order valence-corrected chi connectivity index (χ4v) is 0.393. The average molecular weight is 239 g/mol. The van der Waals surface area contributed by atoms with Gasteiger partial charge in [-0.3, -0.25) is 0 Å². The zero-order valence-electron chi connectivity index (χ0n) is 3.28. The largest absolute Gasteiger partial charge is 0.0808 e. The smallest absolute Gasteiger partial charge is 0 e. The Balaban J connectivity index is 0.000000250. The molecule has 0 spiro atoms. The maximum Gasteiger partial charge on any atom is 0 e. The molecule has 0 aromatic heterocycles. The van der Waals surface area contributed by atoms with Crippen LogP contribution in [0.25, 0.3) is 0 Å². The van der Waals surface area contributed by atoms with Gasteiger partial charge in [-0.25, -0.2) is 0 Å². The molecule has 0 aliphatic heterocycles. The Morgan fingerprint density at radius 3 is 1.67 bits per heavy atom. The molecule has 0 amide bonds. The van der Waals surface area contributed by atoms with Crippen molar-refractivity contribution in [1.29, 1.82) is 0 Å². The molecule has 6 heavy (non-hydrogen) atoms. The molecule has 0 heterocycles. The van der Waals surface area contributed by atoms with Gasteiger partial charge in [-0.15, -0.1) is 0 Å². The summed E-state index contributed by atoms with van der Waals surface area (Å²) in [6.07, 6.45) is 9.50. The van der Waals surface area contributed by atoms with Crippen molar-refractivity contribution in [2.45, 2.75) is 6.42 Å². The Hall–Kier alpha value is 0.999. The topological polar surface area (TPSA) is 0 Å². The van der Waals surface area contributed by atoms with Gasteiger partial charge in [0.05, 0.1) is 0 Å². The summed E-state index contributed by atoms with van der Waals surface area (Å²) in [5.74, 6) is 0. The van der Waals surface area contributed by atoms with Gasteiger partial charge in [0.1, 0.15) is 0 Å². The van der Waals surface area contributed by atoms with Gasteiger partial charge in [0, 0.05) is 46.9 Å². The van der Waals surface area contributed by atoms with E-state index in [0.717, 1.165) is 6.42 Å². The van der Waals surface area contributed by atoms with E-state index in [1.165, 1.54) is 0 Å². The van der Waals surface area contributed by atoms with Crippen LogP contribution in [0.5, 0.6) is 0 Å². The number of hydrogen-bond acceptors (Lipinski definition) is 0. The predicted octanol–water partition coefficient (Wildman–Crippen LogP) is 1.50. The molecule has 0 bridgehead atoms. The molecule has 40 valence electrons. The summed E-state index contributed by atoms with van der Waals surface area (Å²) in [4.78, 5) is 0. The maximum atomic E-state index is 2.12. The van der Waals surface area contributed by atoms with Crippen LogP contribution in [0.15, 0.2) is 24.3 Å². The molecule has 1 aliphatic rings. The van der Waals surface area contributed by atoms with Gasteiger partial charge in [0.15, 0.2) is 0 Å². The van der Waals surface area contributed by atoms with Gasteiger partial charge in [0.2, 0.25) is 0 Å². The third kappa shape index (κ3) is 2.22. The average Bonchev–Trinajstić information content (AvgIpc) is 1.76. The Morgan fingerprint density at radius 1 is 1.00 bits per heavy atom. The first-order chi connectivity index (χ1) is 2.50. The van der Waals surface area contributed by atoms with E-state index in [-0.39, 0.29) is 46.9 Å². The Bertz CT molecular complexity index is 62.0. The van der Waals surface area contributed by atoms with Crippen LogP contribution in [0.1, 0.15) is 6.42 Å². The standard InChI is InChI=1S/C5H6.Yb/c1-2-4-5-3-1;/h1-4H,5H2;. The van der Waals surface area contributed by atoms with Gasteiger partial charge >= 0.3 is 0 Å². The fourth-order valence-electron chi connectivity index (χ4n) is 0.393. The Morgan fingerprint density at radius 2 is 1.50 bits per heavy atom. The molecule has 0 saturated heterocycles. The monoisotopic (exact) mass is 240 g/mol. The zero-order chi connectivity index (χ0) is 3.54. The molecule has 0 unspecified atom stereocenters. The zero-order valence-corrected chi connectivity index (χ0v) is 5.00. The summed E-state index contributed by atoms with van der Waals surface area (Å²) < 4.78 is 0. The van der Waals surface area contributed by atoms with E-state index >= 15 is 0 Å². The molecule has 1 aliphatic carbocycles. The van der Waals surface area contributed by atoms with E-state index in [0.29, 0.717) is 0 Å². The van der Waals surface area contributed by atoms with Crippen molar-refractivity contribution < 1.29 is 46.9 Å². The Kier molecular flexibility index (Phi) is 4.86. The van der Waals surface area contributed by atoms with Crippen LogP contribution in [0.3, 0.4) is 0 Å². The second kappa shape index (κ2) is 4.17. The molecule has 1 rings (SSSR count). The number of allylic oxidation sites excluding steroid dienone is 4. The summed E-state index contributed by atoms with van der Waals surface area (Å²) in [5.41, 5.74) is 0. The minimum Gasteiger partial charge on any atom is -0.0808 e. The van der Waals surface area contributed by atoms with Gasteiger partial charge in [-0.2, -0.15) is 0 Å². The molecular formula is C5H6Yb.